The van der Waals surface area contributed by atoms with Crippen molar-refractivity contribution < 1.29 is 0 Å². The number of rotatable bonds is 0. The first-order valence-electron chi connectivity index (χ1n) is 6.67. The Bertz CT molecular complexity index is 312. The lowest BCUT2D eigenvalue weighted by Gasteiger charge is -2.58. The van der Waals surface area contributed by atoms with Gasteiger partial charge in [-0.3, -0.25) is 0 Å². The third kappa shape index (κ3) is 1.14. The molecule has 0 heteroatoms. The highest BCUT2D eigenvalue weighted by Crippen LogP contribution is 2.67. The Kier molecular flexibility index (Phi) is 1.79. The second kappa shape index (κ2) is 2.70. The van der Waals surface area contributed by atoms with Crippen molar-refractivity contribution in [3.05, 3.63) is 12.2 Å². The molecule has 2 saturated carbocycles. The second-order valence-corrected chi connectivity index (χ2v) is 7.22. The number of allylic oxidation sites excluding steroid dienone is 2. The summed E-state index contributed by atoms with van der Waals surface area (Å²) in [6.07, 6.45) is 13.9. The minimum absolute atomic E-state index is 0.458. The van der Waals surface area contributed by atoms with Crippen molar-refractivity contribution >= 4 is 0 Å². The van der Waals surface area contributed by atoms with E-state index in [0.717, 1.165) is 5.92 Å². The molecule has 0 nitrogen and oxygen atoms in total. The molecule has 0 N–H and O–H groups in total. The van der Waals surface area contributed by atoms with E-state index in [1.165, 1.54) is 38.5 Å². The van der Waals surface area contributed by atoms with Gasteiger partial charge < -0.3 is 0 Å². The molecule has 0 aromatic heterocycles. The van der Waals surface area contributed by atoms with Gasteiger partial charge in [0, 0.05) is 0 Å². The van der Waals surface area contributed by atoms with Crippen LogP contribution in [-0.2, 0) is 0 Å². The molecule has 3 aliphatic carbocycles. The molecule has 0 saturated heterocycles. The van der Waals surface area contributed by atoms with Crippen LogP contribution in [0.1, 0.15) is 59.3 Å². The van der Waals surface area contributed by atoms with E-state index in [-0.39, 0.29) is 0 Å². The monoisotopic (exact) mass is 204 g/mol. The van der Waals surface area contributed by atoms with E-state index in [4.69, 9.17) is 0 Å². The van der Waals surface area contributed by atoms with Gasteiger partial charge in [-0.2, -0.15) is 0 Å². The fourth-order valence-corrected chi connectivity index (χ4v) is 4.91. The summed E-state index contributed by atoms with van der Waals surface area (Å²) in [6.45, 7) is 7.49. The molecule has 84 valence electrons. The maximum Gasteiger partial charge on any atom is -0.0112 e. The largest absolute Gasteiger partial charge is 0.0843 e. The lowest BCUT2D eigenvalue weighted by Crippen LogP contribution is -2.49. The van der Waals surface area contributed by atoms with Crippen LogP contribution >= 0.6 is 0 Å². The van der Waals surface area contributed by atoms with Crippen LogP contribution in [0.3, 0.4) is 0 Å². The Balaban J connectivity index is 2.03. The van der Waals surface area contributed by atoms with Crippen LogP contribution in [0.15, 0.2) is 12.2 Å². The predicted octanol–water partition coefficient (Wildman–Crippen LogP) is 4.56. The minimum atomic E-state index is 0.458. The fraction of sp³-hybridized carbons (Fsp3) is 0.867. The van der Waals surface area contributed by atoms with Gasteiger partial charge >= 0.3 is 0 Å². The average Bonchev–Trinajstić information content (AvgIpc) is 2.37. The number of hydrogen-bond donors (Lipinski definition) is 0. The van der Waals surface area contributed by atoms with E-state index in [1.807, 2.05) is 0 Å². The summed E-state index contributed by atoms with van der Waals surface area (Å²) in [5, 5.41) is 0. The van der Waals surface area contributed by atoms with Crippen LogP contribution in [-0.4, -0.2) is 0 Å². The highest BCUT2D eigenvalue weighted by Gasteiger charge is 2.58. The van der Waals surface area contributed by atoms with Crippen molar-refractivity contribution in [2.24, 2.45) is 22.2 Å². The van der Waals surface area contributed by atoms with Crippen molar-refractivity contribution in [2.45, 2.75) is 59.3 Å². The van der Waals surface area contributed by atoms with Crippen LogP contribution in [0, 0.1) is 22.2 Å². The van der Waals surface area contributed by atoms with Gasteiger partial charge in [0.1, 0.15) is 0 Å². The molecule has 2 bridgehead atoms. The molecular formula is C15H24. The molecule has 3 aliphatic rings. The van der Waals surface area contributed by atoms with Crippen LogP contribution in [0.25, 0.3) is 0 Å². The zero-order chi connectivity index (χ0) is 10.7. The topological polar surface area (TPSA) is 0 Å². The van der Waals surface area contributed by atoms with E-state index in [9.17, 15) is 0 Å². The number of hydrogen-bond acceptors (Lipinski definition) is 0. The molecule has 15 heavy (non-hydrogen) atoms. The van der Waals surface area contributed by atoms with Gasteiger partial charge in [-0.25, -0.2) is 0 Å². The zero-order valence-corrected chi connectivity index (χ0v) is 10.5. The van der Waals surface area contributed by atoms with Crippen LogP contribution in [0.4, 0.5) is 0 Å². The Hall–Kier alpha value is -0.260. The molecule has 2 fully saturated rings. The van der Waals surface area contributed by atoms with E-state index in [1.54, 1.807) is 0 Å². The molecule has 0 aromatic rings. The van der Waals surface area contributed by atoms with Gasteiger partial charge in [-0.1, -0.05) is 39.3 Å². The molecular weight excluding hydrogens is 180 g/mol. The lowest BCUT2D eigenvalue weighted by atomic mass is 9.47. The Labute approximate surface area is 94.1 Å². The van der Waals surface area contributed by atoms with Crippen LogP contribution in [0.2, 0.25) is 0 Å². The standard InChI is InChI=1S/C15H24/c1-13(2)9-5-12-6-10-14(3)7-4-8-15(12,13)11-14/h5,9,12H,4,6-8,10-11H2,1-3H3. The maximum atomic E-state index is 2.55. The molecule has 3 unspecified atom stereocenters. The van der Waals surface area contributed by atoms with Crippen molar-refractivity contribution in [3.63, 3.8) is 0 Å². The van der Waals surface area contributed by atoms with Crippen LogP contribution < -0.4 is 0 Å². The SMILES string of the molecule is CC12CCCC3(C1)C(C=CC3(C)C)CC2. The quantitative estimate of drug-likeness (QED) is 0.507. The van der Waals surface area contributed by atoms with Gasteiger partial charge in [0.05, 0.1) is 0 Å². The van der Waals surface area contributed by atoms with Gasteiger partial charge in [0.25, 0.3) is 0 Å². The average molecular weight is 204 g/mol. The fourth-order valence-electron chi connectivity index (χ4n) is 4.91. The van der Waals surface area contributed by atoms with Gasteiger partial charge in [0.15, 0.2) is 0 Å². The molecule has 3 rings (SSSR count). The maximum absolute atomic E-state index is 2.55. The number of fused-ring (bicyclic) bond motifs is 1. The summed E-state index contributed by atoms with van der Waals surface area (Å²) in [7, 11) is 0. The predicted molar refractivity (Wildman–Crippen MR) is 64.7 cm³/mol. The van der Waals surface area contributed by atoms with E-state index < -0.39 is 0 Å². The Morgan fingerprint density at radius 2 is 1.87 bits per heavy atom. The third-order valence-corrected chi connectivity index (χ3v) is 5.94. The van der Waals surface area contributed by atoms with Gasteiger partial charge in [-0.05, 0) is 54.3 Å². The van der Waals surface area contributed by atoms with Crippen molar-refractivity contribution in [1.29, 1.82) is 0 Å². The molecule has 0 aromatic carbocycles. The molecule has 0 heterocycles. The first-order valence-corrected chi connectivity index (χ1v) is 6.67. The molecule has 0 amide bonds. The summed E-state index contributed by atoms with van der Waals surface area (Å²) in [4.78, 5) is 0. The second-order valence-electron chi connectivity index (χ2n) is 7.22. The Morgan fingerprint density at radius 1 is 1.07 bits per heavy atom. The van der Waals surface area contributed by atoms with E-state index >= 15 is 0 Å². The summed E-state index contributed by atoms with van der Waals surface area (Å²) in [5.41, 5.74) is 1.77. The van der Waals surface area contributed by atoms with Gasteiger partial charge in [0.2, 0.25) is 0 Å². The van der Waals surface area contributed by atoms with Gasteiger partial charge in [-0.15, -0.1) is 0 Å². The highest BCUT2D eigenvalue weighted by molar-refractivity contribution is 5.22. The summed E-state index contributed by atoms with van der Waals surface area (Å²) < 4.78 is 0. The summed E-state index contributed by atoms with van der Waals surface area (Å²) in [5.74, 6) is 0.904. The minimum Gasteiger partial charge on any atom is -0.0843 e. The molecule has 0 radical (unpaired) electrons. The van der Waals surface area contributed by atoms with Crippen molar-refractivity contribution in [3.8, 4) is 0 Å². The van der Waals surface area contributed by atoms with Crippen molar-refractivity contribution in [1.82, 2.24) is 0 Å². The molecule has 1 spiro atoms. The first kappa shape index (κ1) is 9.93. The van der Waals surface area contributed by atoms with Crippen molar-refractivity contribution in [2.75, 3.05) is 0 Å². The summed E-state index contributed by atoms with van der Waals surface area (Å²) >= 11 is 0. The van der Waals surface area contributed by atoms with Crippen LogP contribution in [0.5, 0.6) is 0 Å². The Morgan fingerprint density at radius 3 is 2.67 bits per heavy atom. The smallest absolute Gasteiger partial charge is 0.0112 e. The molecule has 3 atom stereocenters. The van der Waals surface area contributed by atoms with E-state index in [0.29, 0.717) is 16.2 Å². The molecule has 0 aliphatic heterocycles. The third-order valence-electron chi connectivity index (χ3n) is 5.94. The first-order chi connectivity index (χ1) is 6.98. The highest BCUT2D eigenvalue weighted by atomic mass is 14.6. The van der Waals surface area contributed by atoms with E-state index in [2.05, 4.69) is 32.9 Å². The zero-order valence-electron chi connectivity index (χ0n) is 10.5. The summed E-state index contributed by atoms with van der Waals surface area (Å²) in [6, 6.07) is 0. The lowest BCUT2D eigenvalue weighted by molar-refractivity contribution is -0.0683. The normalized spacial score (nSPS) is 51.5.